The van der Waals surface area contributed by atoms with Crippen LogP contribution in [0.1, 0.15) is 42.0 Å². The lowest BCUT2D eigenvalue weighted by atomic mass is 9.72. The standard InChI is InChI=1S/C20H27N5O2/c1-15-5-2-3-6-16(15)20(8-11-27-12-9-20)14-22-19(26)21-13-18-24-23-17-7-4-10-25(17)18/h2-3,5-6H,4,7-14H2,1H3,(H2,21,22,26). The van der Waals surface area contributed by atoms with Crippen LogP contribution in [0.25, 0.3) is 0 Å². The van der Waals surface area contributed by atoms with Crippen molar-refractivity contribution in [1.82, 2.24) is 25.4 Å². The van der Waals surface area contributed by atoms with Crippen molar-refractivity contribution in [2.24, 2.45) is 0 Å². The molecule has 0 unspecified atom stereocenters. The molecule has 0 spiro atoms. The Kier molecular flexibility index (Phi) is 5.11. The molecule has 7 nitrogen and oxygen atoms in total. The first-order valence-electron chi connectivity index (χ1n) is 9.74. The number of hydrogen-bond donors (Lipinski definition) is 2. The summed E-state index contributed by atoms with van der Waals surface area (Å²) in [6.45, 7) is 5.53. The summed E-state index contributed by atoms with van der Waals surface area (Å²) in [7, 11) is 0. The molecule has 0 saturated carbocycles. The molecule has 4 rings (SSSR count). The minimum absolute atomic E-state index is 0.0724. The van der Waals surface area contributed by atoms with Crippen molar-refractivity contribution < 1.29 is 9.53 Å². The van der Waals surface area contributed by atoms with Gasteiger partial charge in [0.1, 0.15) is 5.82 Å². The normalized spacial score (nSPS) is 18.1. The highest BCUT2D eigenvalue weighted by Crippen LogP contribution is 2.36. The quantitative estimate of drug-likeness (QED) is 0.846. The number of nitrogens with zero attached hydrogens (tertiary/aromatic N) is 3. The first kappa shape index (κ1) is 18.0. The van der Waals surface area contributed by atoms with Crippen LogP contribution in [0.4, 0.5) is 4.79 Å². The van der Waals surface area contributed by atoms with Crippen LogP contribution in [0, 0.1) is 6.92 Å². The molecule has 2 aliphatic heterocycles. The van der Waals surface area contributed by atoms with Crippen molar-refractivity contribution in [3.8, 4) is 0 Å². The van der Waals surface area contributed by atoms with E-state index in [2.05, 4.69) is 56.6 Å². The molecular weight excluding hydrogens is 342 g/mol. The van der Waals surface area contributed by atoms with Crippen LogP contribution in [0.2, 0.25) is 0 Å². The zero-order chi connectivity index (χ0) is 18.7. The lowest BCUT2D eigenvalue weighted by molar-refractivity contribution is 0.0505. The molecular formula is C20H27N5O2. The van der Waals surface area contributed by atoms with Gasteiger partial charge in [-0.2, -0.15) is 0 Å². The zero-order valence-electron chi connectivity index (χ0n) is 15.8. The molecule has 27 heavy (non-hydrogen) atoms. The highest BCUT2D eigenvalue weighted by Gasteiger charge is 2.35. The van der Waals surface area contributed by atoms with Crippen LogP contribution in [0.15, 0.2) is 24.3 Å². The average Bonchev–Trinajstić information content (AvgIpc) is 3.30. The Bertz CT molecular complexity index is 810. The van der Waals surface area contributed by atoms with Gasteiger partial charge in [-0.3, -0.25) is 0 Å². The summed E-state index contributed by atoms with van der Waals surface area (Å²) in [4.78, 5) is 12.4. The van der Waals surface area contributed by atoms with Crippen molar-refractivity contribution in [3.63, 3.8) is 0 Å². The lowest BCUT2D eigenvalue weighted by Gasteiger charge is -2.39. The molecule has 2 N–H and O–H groups in total. The van der Waals surface area contributed by atoms with Crippen molar-refractivity contribution in [2.45, 2.75) is 51.1 Å². The largest absolute Gasteiger partial charge is 0.381 e. The first-order chi connectivity index (χ1) is 13.2. The summed E-state index contributed by atoms with van der Waals surface area (Å²) in [5.41, 5.74) is 2.50. The third-order valence-electron chi connectivity index (χ3n) is 5.85. The number of rotatable bonds is 5. The first-order valence-corrected chi connectivity index (χ1v) is 9.74. The van der Waals surface area contributed by atoms with Crippen molar-refractivity contribution in [3.05, 3.63) is 47.0 Å². The number of benzene rings is 1. The van der Waals surface area contributed by atoms with E-state index in [4.69, 9.17) is 4.74 Å². The Hall–Kier alpha value is -2.41. The van der Waals surface area contributed by atoms with Crippen LogP contribution in [-0.2, 0) is 29.7 Å². The van der Waals surface area contributed by atoms with Crippen molar-refractivity contribution >= 4 is 6.03 Å². The third-order valence-corrected chi connectivity index (χ3v) is 5.85. The number of urea groups is 1. The number of amides is 2. The maximum Gasteiger partial charge on any atom is 0.315 e. The number of hydrogen-bond acceptors (Lipinski definition) is 4. The molecule has 0 aliphatic carbocycles. The number of nitrogens with one attached hydrogen (secondary N) is 2. The summed E-state index contributed by atoms with van der Waals surface area (Å²) >= 11 is 0. The maximum absolute atomic E-state index is 12.4. The van der Waals surface area contributed by atoms with E-state index >= 15 is 0 Å². The molecule has 2 amide bonds. The van der Waals surface area contributed by atoms with E-state index in [1.54, 1.807) is 0 Å². The van der Waals surface area contributed by atoms with Gasteiger partial charge in [0.15, 0.2) is 5.82 Å². The van der Waals surface area contributed by atoms with Crippen LogP contribution in [0.3, 0.4) is 0 Å². The smallest absolute Gasteiger partial charge is 0.315 e. The number of aromatic nitrogens is 3. The van der Waals surface area contributed by atoms with Gasteiger partial charge in [-0.25, -0.2) is 4.79 Å². The van der Waals surface area contributed by atoms with E-state index in [0.29, 0.717) is 13.1 Å². The number of carbonyl (C=O) groups is 1. The molecule has 0 bridgehead atoms. The summed E-state index contributed by atoms with van der Waals surface area (Å²) in [5, 5.41) is 14.4. The van der Waals surface area contributed by atoms with E-state index in [0.717, 1.165) is 57.1 Å². The number of fused-ring (bicyclic) bond motifs is 1. The molecule has 2 aliphatic rings. The van der Waals surface area contributed by atoms with E-state index < -0.39 is 0 Å². The molecule has 0 atom stereocenters. The summed E-state index contributed by atoms with van der Waals surface area (Å²) in [6.07, 6.45) is 3.90. The Morgan fingerprint density at radius 3 is 2.85 bits per heavy atom. The van der Waals surface area contributed by atoms with Gasteiger partial charge in [0.05, 0.1) is 6.54 Å². The monoisotopic (exact) mass is 369 g/mol. The molecule has 1 fully saturated rings. The average molecular weight is 369 g/mol. The van der Waals surface area contributed by atoms with Crippen molar-refractivity contribution in [1.29, 1.82) is 0 Å². The summed E-state index contributed by atoms with van der Waals surface area (Å²) in [5.74, 6) is 1.85. The van der Waals surface area contributed by atoms with Crippen LogP contribution in [0.5, 0.6) is 0 Å². The van der Waals surface area contributed by atoms with Crippen LogP contribution >= 0.6 is 0 Å². The molecule has 3 heterocycles. The Balaban J connectivity index is 1.39. The molecule has 0 radical (unpaired) electrons. The molecule has 1 aromatic heterocycles. The summed E-state index contributed by atoms with van der Waals surface area (Å²) < 4.78 is 7.69. The lowest BCUT2D eigenvalue weighted by Crippen LogP contribution is -2.47. The Labute approximate surface area is 159 Å². The van der Waals surface area contributed by atoms with Gasteiger partial charge in [-0.05, 0) is 37.3 Å². The van der Waals surface area contributed by atoms with Gasteiger partial charge < -0.3 is 19.9 Å². The van der Waals surface area contributed by atoms with Gasteiger partial charge in [0.2, 0.25) is 0 Å². The van der Waals surface area contributed by atoms with Gasteiger partial charge in [0, 0.05) is 38.1 Å². The minimum atomic E-state index is -0.162. The predicted octanol–water partition coefficient (Wildman–Crippen LogP) is 2.08. The van der Waals surface area contributed by atoms with E-state index in [-0.39, 0.29) is 11.4 Å². The highest BCUT2D eigenvalue weighted by molar-refractivity contribution is 5.73. The van der Waals surface area contributed by atoms with Crippen LogP contribution in [-0.4, -0.2) is 40.6 Å². The molecule has 7 heteroatoms. The van der Waals surface area contributed by atoms with Gasteiger partial charge in [-0.15, -0.1) is 10.2 Å². The SMILES string of the molecule is Cc1ccccc1C1(CNC(=O)NCc2nnc3n2CCC3)CCOCC1. The Morgan fingerprint density at radius 1 is 1.22 bits per heavy atom. The molecule has 1 aromatic carbocycles. The fourth-order valence-electron chi connectivity index (χ4n) is 4.28. The van der Waals surface area contributed by atoms with Gasteiger partial charge in [-0.1, -0.05) is 24.3 Å². The second-order valence-electron chi connectivity index (χ2n) is 7.53. The van der Waals surface area contributed by atoms with E-state index in [1.807, 2.05) is 0 Å². The fourth-order valence-corrected chi connectivity index (χ4v) is 4.28. The Morgan fingerprint density at radius 2 is 2.04 bits per heavy atom. The van der Waals surface area contributed by atoms with Crippen molar-refractivity contribution in [2.75, 3.05) is 19.8 Å². The number of aryl methyl sites for hydroxylation is 2. The second-order valence-corrected chi connectivity index (χ2v) is 7.53. The number of carbonyl (C=O) groups excluding carboxylic acids is 1. The van der Waals surface area contributed by atoms with Gasteiger partial charge in [0.25, 0.3) is 0 Å². The van der Waals surface area contributed by atoms with E-state index in [1.165, 1.54) is 11.1 Å². The van der Waals surface area contributed by atoms with E-state index in [9.17, 15) is 4.79 Å². The second kappa shape index (κ2) is 7.68. The molecule has 1 saturated heterocycles. The fraction of sp³-hybridized carbons (Fsp3) is 0.550. The zero-order valence-corrected chi connectivity index (χ0v) is 15.8. The topological polar surface area (TPSA) is 81.1 Å². The van der Waals surface area contributed by atoms with Crippen LogP contribution < -0.4 is 10.6 Å². The predicted molar refractivity (Wildman–Crippen MR) is 101 cm³/mol. The molecule has 2 aromatic rings. The minimum Gasteiger partial charge on any atom is -0.381 e. The number of ether oxygens (including phenoxy) is 1. The van der Waals surface area contributed by atoms with Gasteiger partial charge >= 0.3 is 6.03 Å². The molecule has 144 valence electrons. The maximum atomic E-state index is 12.4. The highest BCUT2D eigenvalue weighted by atomic mass is 16.5. The third kappa shape index (κ3) is 3.69. The summed E-state index contributed by atoms with van der Waals surface area (Å²) in [6, 6.07) is 8.29.